The van der Waals surface area contributed by atoms with Gasteiger partial charge in [-0.05, 0) is 6.42 Å². The zero-order valence-corrected chi connectivity index (χ0v) is 11.7. The predicted octanol–water partition coefficient (Wildman–Crippen LogP) is 1.38. The Morgan fingerprint density at radius 2 is 1.95 bits per heavy atom. The first-order valence-corrected chi connectivity index (χ1v) is 7.63. The Bertz CT molecular complexity index is 587. The Morgan fingerprint density at radius 1 is 1.32 bits per heavy atom. The van der Waals surface area contributed by atoms with Crippen LogP contribution in [0.1, 0.15) is 12.8 Å². The van der Waals surface area contributed by atoms with Gasteiger partial charge >= 0.3 is 27.3 Å². The van der Waals surface area contributed by atoms with Gasteiger partial charge in [0.25, 0.3) is 0 Å². The van der Waals surface area contributed by atoms with Crippen LogP contribution in [-0.4, -0.2) is 48.9 Å². The molecule has 0 spiro atoms. The summed E-state index contributed by atoms with van der Waals surface area (Å²) in [5.41, 5.74) is 0. The standard InChI is InChI=1S/C11H12F4O6S/c12-10(13,11(14,15)22(17,18)19)3-4-20-9(16)7-5-6-1-2-8(7)21-6/h1-2,6-8H,3-5H2,(H,17,18,19). The van der Waals surface area contributed by atoms with E-state index in [0.29, 0.717) is 6.42 Å². The van der Waals surface area contributed by atoms with Gasteiger partial charge in [0.2, 0.25) is 0 Å². The van der Waals surface area contributed by atoms with Gasteiger partial charge in [0.05, 0.1) is 31.2 Å². The number of alkyl halides is 4. The molecule has 0 amide bonds. The highest BCUT2D eigenvalue weighted by molar-refractivity contribution is 7.87. The lowest BCUT2D eigenvalue weighted by molar-refractivity contribution is -0.176. The summed E-state index contributed by atoms with van der Waals surface area (Å²) in [5, 5.41) is -5.66. The number of rotatable bonds is 6. The largest absolute Gasteiger partial charge is 0.465 e. The molecule has 1 N–H and O–H groups in total. The van der Waals surface area contributed by atoms with Gasteiger partial charge < -0.3 is 9.47 Å². The molecule has 0 aliphatic carbocycles. The van der Waals surface area contributed by atoms with Crippen LogP contribution in [-0.2, 0) is 24.4 Å². The molecule has 0 radical (unpaired) electrons. The van der Waals surface area contributed by atoms with E-state index in [1.165, 1.54) is 0 Å². The molecule has 2 aliphatic heterocycles. The fraction of sp³-hybridized carbons (Fsp3) is 0.727. The van der Waals surface area contributed by atoms with E-state index >= 15 is 0 Å². The van der Waals surface area contributed by atoms with Crippen molar-refractivity contribution in [1.82, 2.24) is 0 Å². The number of halogens is 4. The lowest BCUT2D eigenvalue weighted by atomic mass is 9.95. The van der Waals surface area contributed by atoms with Gasteiger partial charge in [-0.3, -0.25) is 9.35 Å². The van der Waals surface area contributed by atoms with E-state index in [0.717, 1.165) is 0 Å². The topological polar surface area (TPSA) is 89.9 Å². The highest BCUT2D eigenvalue weighted by Crippen LogP contribution is 2.41. The predicted molar refractivity (Wildman–Crippen MR) is 62.9 cm³/mol. The smallest absolute Gasteiger partial charge is 0.431 e. The van der Waals surface area contributed by atoms with Crippen LogP contribution in [0.15, 0.2) is 12.2 Å². The quantitative estimate of drug-likeness (QED) is 0.338. The molecule has 0 aromatic heterocycles. The van der Waals surface area contributed by atoms with Crippen molar-refractivity contribution in [3.05, 3.63) is 12.2 Å². The number of ether oxygens (including phenoxy) is 2. The minimum Gasteiger partial charge on any atom is -0.465 e. The first-order valence-electron chi connectivity index (χ1n) is 6.19. The van der Waals surface area contributed by atoms with Gasteiger partial charge in [0, 0.05) is 0 Å². The third kappa shape index (κ3) is 2.97. The second kappa shape index (κ2) is 5.46. The minimum atomic E-state index is -6.29. The molecular formula is C11H12F4O6S. The first-order chi connectivity index (χ1) is 9.96. The minimum absolute atomic E-state index is 0.257. The van der Waals surface area contributed by atoms with E-state index in [4.69, 9.17) is 9.29 Å². The van der Waals surface area contributed by atoms with Crippen molar-refractivity contribution in [2.24, 2.45) is 5.92 Å². The lowest BCUT2D eigenvalue weighted by Gasteiger charge is -2.24. The summed E-state index contributed by atoms with van der Waals surface area (Å²) in [6.07, 6.45) is 1.11. The van der Waals surface area contributed by atoms with Gasteiger partial charge in [0.15, 0.2) is 0 Å². The van der Waals surface area contributed by atoms with Crippen LogP contribution >= 0.6 is 0 Å². The molecule has 1 saturated heterocycles. The van der Waals surface area contributed by atoms with Crippen molar-refractivity contribution in [3.63, 3.8) is 0 Å². The summed E-state index contributed by atoms with van der Waals surface area (Å²) in [4.78, 5) is 11.6. The molecule has 2 heterocycles. The number of esters is 1. The van der Waals surface area contributed by atoms with Crippen molar-refractivity contribution >= 4 is 16.1 Å². The van der Waals surface area contributed by atoms with Crippen molar-refractivity contribution in [2.75, 3.05) is 6.61 Å². The second-order valence-corrected chi connectivity index (χ2v) is 6.44. The molecule has 3 atom stereocenters. The highest BCUT2D eigenvalue weighted by atomic mass is 32.2. The summed E-state index contributed by atoms with van der Waals surface area (Å²) in [6, 6.07) is 0. The second-order valence-electron chi connectivity index (χ2n) is 4.98. The number of fused-ring (bicyclic) bond motifs is 2. The molecule has 11 heteroatoms. The molecule has 1 fully saturated rings. The van der Waals surface area contributed by atoms with E-state index < -0.39 is 52.3 Å². The van der Waals surface area contributed by atoms with Gasteiger partial charge in [-0.25, -0.2) is 0 Å². The number of carbonyl (C=O) groups is 1. The highest BCUT2D eigenvalue weighted by Gasteiger charge is 2.65. The average molecular weight is 348 g/mol. The first kappa shape index (κ1) is 17.2. The van der Waals surface area contributed by atoms with Crippen molar-refractivity contribution in [3.8, 4) is 0 Å². The van der Waals surface area contributed by atoms with Crippen LogP contribution in [0, 0.1) is 5.92 Å². The zero-order chi connectivity index (χ0) is 16.8. The SMILES string of the molecule is O=C(OCCC(F)(F)C(F)(F)S(=O)(=O)O)C1CC2C=CC1O2. The maximum atomic E-state index is 13.2. The number of hydrogen-bond acceptors (Lipinski definition) is 5. The molecular weight excluding hydrogens is 336 g/mol. The van der Waals surface area contributed by atoms with Gasteiger partial charge in [-0.2, -0.15) is 26.0 Å². The van der Waals surface area contributed by atoms with Crippen LogP contribution in [0.4, 0.5) is 17.6 Å². The third-order valence-corrected chi connectivity index (χ3v) is 4.39. The van der Waals surface area contributed by atoms with Crippen LogP contribution in [0.2, 0.25) is 0 Å². The lowest BCUT2D eigenvalue weighted by Crippen LogP contribution is -2.47. The summed E-state index contributed by atoms with van der Waals surface area (Å²) < 4.78 is 90.6. The van der Waals surface area contributed by atoms with Gasteiger partial charge in [0.1, 0.15) is 0 Å². The molecule has 2 bridgehead atoms. The van der Waals surface area contributed by atoms with Crippen LogP contribution < -0.4 is 0 Å². The summed E-state index contributed by atoms with van der Waals surface area (Å²) in [7, 11) is -6.29. The van der Waals surface area contributed by atoms with Crippen LogP contribution in [0.5, 0.6) is 0 Å². The van der Waals surface area contributed by atoms with E-state index in [2.05, 4.69) is 4.74 Å². The monoisotopic (exact) mass is 348 g/mol. The normalized spacial score (nSPS) is 28.1. The Hall–Kier alpha value is -1.20. The third-order valence-electron chi connectivity index (χ3n) is 3.44. The Labute approximate surface area is 122 Å². The van der Waals surface area contributed by atoms with Crippen molar-refractivity contribution in [2.45, 2.75) is 36.2 Å². The average Bonchev–Trinajstić information content (AvgIpc) is 2.98. The Kier molecular flexibility index (Phi) is 4.26. The molecule has 0 saturated carbocycles. The summed E-state index contributed by atoms with van der Waals surface area (Å²) in [6.45, 7) is -1.12. The van der Waals surface area contributed by atoms with E-state index in [-0.39, 0.29) is 6.10 Å². The van der Waals surface area contributed by atoms with Crippen molar-refractivity contribution < 1.29 is 44.8 Å². The number of carbonyl (C=O) groups excluding carboxylic acids is 1. The molecule has 6 nitrogen and oxygen atoms in total. The molecule has 22 heavy (non-hydrogen) atoms. The maximum absolute atomic E-state index is 13.2. The summed E-state index contributed by atoms with van der Waals surface area (Å²) >= 11 is 0. The van der Waals surface area contributed by atoms with Crippen molar-refractivity contribution in [1.29, 1.82) is 0 Å². The fourth-order valence-electron chi connectivity index (χ4n) is 2.22. The molecule has 2 rings (SSSR count). The number of hydrogen-bond donors (Lipinski definition) is 1. The Balaban J connectivity index is 1.88. The molecule has 0 aromatic carbocycles. The molecule has 0 aromatic rings. The van der Waals surface area contributed by atoms with Gasteiger partial charge in [-0.1, -0.05) is 12.2 Å². The van der Waals surface area contributed by atoms with Gasteiger partial charge in [-0.15, -0.1) is 0 Å². The zero-order valence-electron chi connectivity index (χ0n) is 10.9. The molecule has 3 unspecified atom stereocenters. The summed E-state index contributed by atoms with van der Waals surface area (Å²) in [5.74, 6) is -6.67. The molecule has 2 aliphatic rings. The molecule has 126 valence electrons. The van der Waals surface area contributed by atoms with E-state index in [1.807, 2.05) is 0 Å². The van der Waals surface area contributed by atoms with Crippen LogP contribution in [0.25, 0.3) is 0 Å². The fourth-order valence-corrected chi connectivity index (χ4v) is 2.70. The Morgan fingerprint density at radius 3 is 2.41 bits per heavy atom. The maximum Gasteiger partial charge on any atom is 0.431 e. The van der Waals surface area contributed by atoms with Crippen LogP contribution in [0.3, 0.4) is 0 Å². The van der Waals surface area contributed by atoms with E-state index in [9.17, 15) is 30.8 Å². The van der Waals surface area contributed by atoms with E-state index in [1.54, 1.807) is 12.2 Å².